The van der Waals surface area contributed by atoms with Crippen LogP contribution in [-0.4, -0.2) is 12.5 Å². The Labute approximate surface area is 79.7 Å². The minimum Gasteiger partial charge on any atom is -0.323 e. The molecular weight excluding hydrogens is 172 g/mol. The summed E-state index contributed by atoms with van der Waals surface area (Å²) in [7, 11) is 0. The van der Waals surface area contributed by atoms with Crippen molar-refractivity contribution >= 4 is 0 Å². The van der Waals surface area contributed by atoms with Gasteiger partial charge in [-0.05, 0) is 6.42 Å². The average molecular weight is 193 g/mol. The van der Waals surface area contributed by atoms with Gasteiger partial charge in [0.05, 0.1) is 6.04 Å². The summed E-state index contributed by atoms with van der Waals surface area (Å²) in [5.41, 5.74) is 5.21. The smallest absolute Gasteiger partial charge is 0.253 e. The van der Waals surface area contributed by atoms with Gasteiger partial charge in [0, 0.05) is 0 Å². The summed E-state index contributed by atoms with van der Waals surface area (Å²) >= 11 is 0. The molecule has 1 unspecified atom stereocenters. The quantitative estimate of drug-likeness (QED) is 0.588. The predicted octanol–water partition coefficient (Wildman–Crippen LogP) is 3.33. The van der Waals surface area contributed by atoms with Crippen LogP contribution < -0.4 is 5.73 Å². The zero-order chi connectivity index (χ0) is 10.1. The molecule has 2 N–H and O–H groups in total. The summed E-state index contributed by atoms with van der Waals surface area (Å²) in [4.78, 5) is 0. The van der Waals surface area contributed by atoms with Gasteiger partial charge in [0.2, 0.25) is 0 Å². The summed E-state index contributed by atoms with van der Waals surface area (Å²) in [5, 5.41) is 0. The second-order valence-corrected chi connectivity index (χ2v) is 3.55. The lowest BCUT2D eigenvalue weighted by atomic mass is 10.1. The van der Waals surface area contributed by atoms with Crippen LogP contribution in [0.5, 0.6) is 0 Å². The number of nitrogens with two attached hydrogens (primary N) is 1. The van der Waals surface area contributed by atoms with E-state index in [-0.39, 0.29) is 0 Å². The van der Waals surface area contributed by atoms with E-state index in [1.54, 1.807) is 0 Å². The lowest BCUT2D eigenvalue weighted by Gasteiger charge is -2.09. The highest BCUT2D eigenvalue weighted by Crippen LogP contribution is 2.10. The number of alkyl halides is 2. The summed E-state index contributed by atoms with van der Waals surface area (Å²) in [6.07, 6.45) is 4.84. The van der Waals surface area contributed by atoms with E-state index >= 15 is 0 Å². The maximum Gasteiger partial charge on any atom is 0.253 e. The van der Waals surface area contributed by atoms with Gasteiger partial charge in [-0.3, -0.25) is 0 Å². The third-order valence-electron chi connectivity index (χ3n) is 2.21. The van der Waals surface area contributed by atoms with Gasteiger partial charge < -0.3 is 5.73 Å². The molecule has 0 radical (unpaired) electrons. The van der Waals surface area contributed by atoms with E-state index in [1.165, 1.54) is 19.3 Å². The number of rotatable bonds is 8. The van der Waals surface area contributed by atoms with Crippen molar-refractivity contribution in [1.82, 2.24) is 0 Å². The minimum absolute atomic E-state index is 0.462. The molecule has 0 saturated carbocycles. The van der Waals surface area contributed by atoms with Crippen molar-refractivity contribution in [2.75, 3.05) is 0 Å². The second kappa shape index (κ2) is 8.42. The zero-order valence-electron chi connectivity index (χ0n) is 8.44. The molecule has 0 rings (SSSR count). The molecule has 0 heterocycles. The van der Waals surface area contributed by atoms with Crippen molar-refractivity contribution in [3.63, 3.8) is 0 Å². The molecule has 0 aromatic rings. The van der Waals surface area contributed by atoms with Crippen molar-refractivity contribution in [2.24, 2.45) is 5.73 Å². The molecule has 0 aromatic heterocycles. The fourth-order valence-electron chi connectivity index (χ4n) is 1.29. The molecule has 0 fully saturated rings. The number of halogens is 2. The second-order valence-electron chi connectivity index (χ2n) is 3.55. The van der Waals surface area contributed by atoms with Crippen LogP contribution in [-0.2, 0) is 0 Å². The van der Waals surface area contributed by atoms with Crippen LogP contribution >= 0.6 is 0 Å². The fourth-order valence-corrected chi connectivity index (χ4v) is 1.29. The third-order valence-corrected chi connectivity index (χ3v) is 2.21. The van der Waals surface area contributed by atoms with Crippen molar-refractivity contribution in [1.29, 1.82) is 0 Å². The molecule has 13 heavy (non-hydrogen) atoms. The Bertz CT molecular complexity index is 107. The topological polar surface area (TPSA) is 26.0 Å². The van der Waals surface area contributed by atoms with E-state index in [4.69, 9.17) is 5.73 Å². The van der Waals surface area contributed by atoms with Crippen LogP contribution in [0.25, 0.3) is 0 Å². The molecular formula is C10H21F2N. The molecule has 0 spiro atoms. The van der Waals surface area contributed by atoms with Crippen LogP contribution in [0.2, 0.25) is 0 Å². The summed E-state index contributed by atoms with van der Waals surface area (Å²) < 4.78 is 23.9. The molecule has 0 saturated heterocycles. The van der Waals surface area contributed by atoms with E-state index < -0.39 is 12.5 Å². The van der Waals surface area contributed by atoms with E-state index in [9.17, 15) is 8.78 Å². The van der Waals surface area contributed by atoms with Gasteiger partial charge in [-0.2, -0.15) is 0 Å². The summed E-state index contributed by atoms with van der Waals surface area (Å²) in [5.74, 6) is 0. The molecule has 0 aliphatic rings. The van der Waals surface area contributed by atoms with Crippen LogP contribution in [0, 0.1) is 0 Å². The average Bonchev–Trinajstić information content (AvgIpc) is 2.10. The highest BCUT2D eigenvalue weighted by Gasteiger charge is 2.13. The van der Waals surface area contributed by atoms with E-state index in [0.717, 1.165) is 19.3 Å². The van der Waals surface area contributed by atoms with E-state index in [1.807, 2.05) is 0 Å². The monoisotopic (exact) mass is 193 g/mol. The molecule has 0 aliphatic heterocycles. The SMILES string of the molecule is CCCCCCCCC(N)C(F)F. The predicted molar refractivity (Wildman–Crippen MR) is 52.0 cm³/mol. The first-order valence-corrected chi connectivity index (χ1v) is 5.22. The number of unbranched alkanes of at least 4 members (excludes halogenated alkanes) is 5. The van der Waals surface area contributed by atoms with Gasteiger partial charge in [0.1, 0.15) is 0 Å². The Hall–Kier alpha value is -0.180. The number of hydrogen-bond donors (Lipinski definition) is 1. The van der Waals surface area contributed by atoms with Gasteiger partial charge >= 0.3 is 0 Å². The Morgan fingerprint density at radius 2 is 1.54 bits per heavy atom. The van der Waals surface area contributed by atoms with Gasteiger partial charge in [0.15, 0.2) is 0 Å². The molecule has 80 valence electrons. The first kappa shape index (κ1) is 12.8. The summed E-state index contributed by atoms with van der Waals surface area (Å²) in [6, 6.07) is -0.911. The van der Waals surface area contributed by atoms with Crippen LogP contribution in [0.1, 0.15) is 51.9 Å². The summed E-state index contributed by atoms with van der Waals surface area (Å²) in [6.45, 7) is 2.16. The molecule has 3 heteroatoms. The van der Waals surface area contributed by atoms with E-state index in [0.29, 0.717) is 6.42 Å². The molecule has 0 amide bonds. The van der Waals surface area contributed by atoms with Gasteiger partial charge in [-0.25, -0.2) is 8.78 Å². The van der Waals surface area contributed by atoms with E-state index in [2.05, 4.69) is 6.92 Å². The van der Waals surface area contributed by atoms with Crippen molar-refractivity contribution in [3.8, 4) is 0 Å². The van der Waals surface area contributed by atoms with Gasteiger partial charge in [-0.15, -0.1) is 0 Å². The van der Waals surface area contributed by atoms with Crippen molar-refractivity contribution < 1.29 is 8.78 Å². The Morgan fingerprint density at radius 3 is 2.08 bits per heavy atom. The van der Waals surface area contributed by atoms with Gasteiger partial charge in [0.25, 0.3) is 6.43 Å². The standard InChI is InChI=1S/C10H21F2N/c1-2-3-4-5-6-7-8-9(13)10(11)12/h9-10H,2-8,13H2,1H3. The van der Waals surface area contributed by atoms with Crippen LogP contribution in [0.4, 0.5) is 8.78 Å². The van der Waals surface area contributed by atoms with Gasteiger partial charge in [-0.1, -0.05) is 45.4 Å². The third kappa shape index (κ3) is 8.16. The Morgan fingerprint density at radius 1 is 1.00 bits per heavy atom. The lowest BCUT2D eigenvalue weighted by molar-refractivity contribution is 0.111. The maximum atomic E-state index is 11.9. The number of hydrogen-bond acceptors (Lipinski definition) is 1. The first-order chi connectivity index (χ1) is 6.18. The largest absolute Gasteiger partial charge is 0.323 e. The fraction of sp³-hybridized carbons (Fsp3) is 1.00. The van der Waals surface area contributed by atoms with Crippen LogP contribution in [0.15, 0.2) is 0 Å². The molecule has 1 nitrogen and oxygen atoms in total. The molecule has 1 atom stereocenters. The lowest BCUT2D eigenvalue weighted by Crippen LogP contribution is -2.28. The highest BCUT2D eigenvalue weighted by molar-refractivity contribution is 4.63. The van der Waals surface area contributed by atoms with Crippen molar-refractivity contribution in [3.05, 3.63) is 0 Å². The molecule has 0 aromatic carbocycles. The zero-order valence-corrected chi connectivity index (χ0v) is 8.44. The first-order valence-electron chi connectivity index (χ1n) is 5.22. The normalized spacial score (nSPS) is 13.6. The highest BCUT2D eigenvalue weighted by atomic mass is 19.3. The van der Waals surface area contributed by atoms with Crippen LogP contribution in [0.3, 0.4) is 0 Å². The molecule has 0 aliphatic carbocycles. The maximum absolute atomic E-state index is 11.9. The Balaban J connectivity index is 3.07. The molecule has 0 bridgehead atoms. The minimum atomic E-state index is -2.35. The Kier molecular flexibility index (Phi) is 8.30. The van der Waals surface area contributed by atoms with Crippen molar-refractivity contribution in [2.45, 2.75) is 64.3 Å².